The molecule has 1 N–H and O–H groups in total. The molecule has 0 spiro atoms. The van der Waals surface area contributed by atoms with Crippen molar-refractivity contribution in [1.82, 2.24) is 0 Å². The van der Waals surface area contributed by atoms with Crippen LogP contribution in [0, 0.1) is 6.92 Å². The van der Waals surface area contributed by atoms with Crippen LogP contribution in [0.1, 0.15) is 5.56 Å². The van der Waals surface area contributed by atoms with Crippen molar-refractivity contribution in [2.75, 3.05) is 5.43 Å². The van der Waals surface area contributed by atoms with E-state index in [1.54, 1.807) is 6.07 Å². The molecule has 0 aliphatic rings. The molecule has 3 rings (SSSR count). The second kappa shape index (κ2) is 5.63. The molecule has 0 aliphatic carbocycles. The maximum absolute atomic E-state index is 12.2. The van der Waals surface area contributed by atoms with Gasteiger partial charge in [-0.25, -0.2) is 4.79 Å². The molecule has 2 aromatic carbocycles. The van der Waals surface area contributed by atoms with Crippen LogP contribution >= 0.6 is 0 Å². The first-order chi connectivity index (χ1) is 10.2. The Morgan fingerprint density at radius 2 is 1.71 bits per heavy atom. The second-order valence-corrected chi connectivity index (χ2v) is 4.69. The van der Waals surface area contributed by atoms with Gasteiger partial charge in [-0.2, -0.15) is 5.10 Å². The predicted molar refractivity (Wildman–Crippen MR) is 82.8 cm³/mol. The molecule has 4 nitrogen and oxygen atoms in total. The predicted octanol–water partition coefficient (Wildman–Crippen LogP) is 3.03. The third kappa shape index (κ3) is 2.84. The van der Waals surface area contributed by atoms with Crippen LogP contribution in [-0.4, -0.2) is 0 Å². The van der Waals surface area contributed by atoms with Gasteiger partial charge in [0.05, 0.1) is 5.69 Å². The molecule has 1 heterocycles. The van der Waals surface area contributed by atoms with E-state index in [0.29, 0.717) is 5.58 Å². The lowest BCUT2D eigenvalue weighted by atomic mass is 10.2. The lowest BCUT2D eigenvalue weighted by Gasteiger charge is -1.97. The lowest BCUT2D eigenvalue weighted by molar-refractivity contribution is 0.555. The van der Waals surface area contributed by atoms with Crippen molar-refractivity contribution in [2.45, 2.75) is 6.92 Å². The van der Waals surface area contributed by atoms with E-state index in [2.05, 4.69) is 10.5 Å². The van der Waals surface area contributed by atoms with Gasteiger partial charge in [0.1, 0.15) is 5.58 Å². The Balaban J connectivity index is 2.16. The zero-order valence-corrected chi connectivity index (χ0v) is 11.5. The minimum atomic E-state index is -0.461. The molecule has 0 fully saturated rings. The summed E-state index contributed by atoms with van der Waals surface area (Å²) in [5, 5.41) is 5.32. The van der Waals surface area contributed by atoms with Crippen molar-refractivity contribution >= 4 is 16.7 Å². The smallest absolute Gasteiger partial charge is 0.364 e. The van der Waals surface area contributed by atoms with Crippen LogP contribution in [0.4, 0.5) is 5.69 Å². The first-order valence-corrected chi connectivity index (χ1v) is 6.62. The summed E-state index contributed by atoms with van der Waals surface area (Å²) in [6, 6.07) is 18.8. The first-order valence-electron chi connectivity index (χ1n) is 6.62. The third-order valence-electron chi connectivity index (χ3n) is 3.13. The van der Waals surface area contributed by atoms with E-state index in [4.69, 9.17) is 4.42 Å². The van der Waals surface area contributed by atoms with Crippen molar-refractivity contribution in [3.63, 3.8) is 0 Å². The highest BCUT2D eigenvalue weighted by molar-refractivity contribution is 5.76. The summed E-state index contributed by atoms with van der Waals surface area (Å²) in [5.41, 5.74) is 4.53. The largest absolute Gasteiger partial charge is 0.421 e. The van der Waals surface area contributed by atoms with Crippen LogP contribution in [0.25, 0.3) is 11.0 Å². The van der Waals surface area contributed by atoms with Crippen LogP contribution in [0.5, 0.6) is 0 Å². The van der Waals surface area contributed by atoms with Gasteiger partial charge in [-0.3, -0.25) is 5.43 Å². The highest BCUT2D eigenvalue weighted by Crippen LogP contribution is 2.10. The number of benzene rings is 2. The van der Waals surface area contributed by atoms with Gasteiger partial charge in [-0.05, 0) is 36.8 Å². The van der Waals surface area contributed by atoms with Gasteiger partial charge in [0.2, 0.25) is 0 Å². The number of anilines is 1. The topological polar surface area (TPSA) is 54.6 Å². The highest BCUT2D eigenvalue weighted by Gasteiger charge is 2.01. The average molecular weight is 278 g/mol. The van der Waals surface area contributed by atoms with E-state index in [0.717, 1.165) is 16.6 Å². The Labute approximate surface area is 121 Å². The molecule has 21 heavy (non-hydrogen) atoms. The Morgan fingerprint density at radius 1 is 1.00 bits per heavy atom. The van der Waals surface area contributed by atoms with Crippen LogP contribution in [0.15, 0.2) is 75.0 Å². The minimum absolute atomic E-state index is 0.273. The third-order valence-corrected chi connectivity index (χ3v) is 3.13. The molecule has 0 aliphatic heterocycles. The van der Waals surface area contributed by atoms with Gasteiger partial charge in [-0.15, -0.1) is 0 Å². The molecule has 104 valence electrons. The second-order valence-electron chi connectivity index (χ2n) is 4.69. The molecule has 0 unspecified atom stereocenters. The summed E-state index contributed by atoms with van der Waals surface area (Å²) in [6.45, 7) is 1.84. The average Bonchev–Trinajstić information content (AvgIpc) is 2.62. The molecule has 0 saturated carbocycles. The summed E-state index contributed by atoms with van der Waals surface area (Å²) >= 11 is 0. The normalized spacial score (nSPS) is 11.6. The van der Waals surface area contributed by atoms with Gasteiger partial charge >= 0.3 is 5.63 Å². The molecule has 0 amide bonds. The molecule has 0 saturated heterocycles. The molecule has 0 atom stereocenters. The quantitative estimate of drug-likeness (QED) is 0.733. The zero-order chi connectivity index (χ0) is 14.7. The monoisotopic (exact) mass is 278 g/mol. The number of hydrogen-bond donors (Lipinski definition) is 1. The molecule has 0 bridgehead atoms. The van der Waals surface area contributed by atoms with E-state index in [1.807, 2.05) is 61.5 Å². The van der Waals surface area contributed by atoms with Crippen LogP contribution < -0.4 is 16.4 Å². The highest BCUT2D eigenvalue weighted by atomic mass is 16.4. The summed E-state index contributed by atoms with van der Waals surface area (Å²) in [6.07, 6.45) is 0. The number of nitrogens with one attached hydrogen (secondary N) is 1. The van der Waals surface area contributed by atoms with E-state index in [1.165, 1.54) is 0 Å². The molecular weight excluding hydrogens is 264 g/mol. The van der Waals surface area contributed by atoms with Crippen molar-refractivity contribution in [2.24, 2.45) is 5.10 Å². The van der Waals surface area contributed by atoms with Crippen molar-refractivity contribution < 1.29 is 4.42 Å². The SMILES string of the molecule is Cc1cc2ccccc2oc(=O)/c1=N/Nc1ccccc1. The van der Waals surface area contributed by atoms with Crippen molar-refractivity contribution in [3.8, 4) is 0 Å². The van der Waals surface area contributed by atoms with Crippen LogP contribution in [-0.2, 0) is 0 Å². The Kier molecular flexibility index (Phi) is 3.51. The van der Waals surface area contributed by atoms with Gasteiger partial charge in [0.15, 0.2) is 5.36 Å². The van der Waals surface area contributed by atoms with Crippen LogP contribution in [0.2, 0.25) is 0 Å². The number of hydrogen-bond acceptors (Lipinski definition) is 4. The Hall–Kier alpha value is -2.88. The molecule has 3 aromatic rings. The fourth-order valence-electron chi connectivity index (χ4n) is 2.07. The number of nitrogens with zero attached hydrogens (tertiary/aromatic N) is 1. The van der Waals surface area contributed by atoms with Crippen LogP contribution in [0.3, 0.4) is 0 Å². The van der Waals surface area contributed by atoms with Crippen molar-refractivity contribution in [3.05, 3.63) is 82.0 Å². The van der Waals surface area contributed by atoms with Gasteiger partial charge in [-0.1, -0.05) is 36.4 Å². The fraction of sp³-hybridized carbons (Fsp3) is 0.0588. The summed E-state index contributed by atoms with van der Waals surface area (Å²) < 4.78 is 5.37. The molecule has 0 radical (unpaired) electrons. The van der Waals surface area contributed by atoms with Gasteiger partial charge in [0.25, 0.3) is 0 Å². The molecule has 4 heteroatoms. The van der Waals surface area contributed by atoms with E-state index >= 15 is 0 Å². The van der Waals surface area contributed by atoms with Gasteiger partial charge in [0, 0.05) is 5.39 Å². The van der Waals surface area contributed by atoms with Crippen molar-refractivity contribution in [1.29, 1.82) is 0 Å². The summed E-state index contributed by atoms with van der Waals surface area (Å²) in [4.78, 5) is 12.2. The maximum atomic E-state index is 12.2. The Morgan fingerprint density at radius 3 is 2.52 bits per heavy atom. The number of aryl methyl sites for hydroxylation is 1. The lowest BCUT2D eigenvalue weighted by Crippen LogP contribution is -2.25. The Bertz CT molecular complexity index is 899. The molecule has 1 aromatic heterocycles. The number of fused-ring (bicyclic) bond motifs is 1. The number of para-hydroxylation sites is 2. The standard InChI is InChI=1S/C17H14N2O2/c1-12-11-13-7-5-6-10-15(13)21-17(20)16(12)19-18-14-8-3-2-4-9-14/h2-11,18H,1H3/b19-16+. The maximum Gasteiger partial charge on any atom is 0.364 e. The molecular formula is C17H14N2O2. The first kappa shape index (κ1) is 13.1. The fourth-order valence-corrected chi connectivity index (χ4v) is 2.07. The van der Waals surface area contributed by atoms with E-state index in [9.17, 15) is 4.79 Å². The summed E-state index contributed by atoms with van der Waals surface area (Å²) in [7, 11) is 0. The van der Waals surface area contributed by atoms with Gasteiger partial charge < -0.3 is 4.42 Å². The summed E-state index contributed by atoms with van der Waals surface area (Å²) in [5.74, 6) is 0. The van der Waals surface area contributed by atoms with E-state index < -0.39 is 5.63 Å². The minimum Gasteiger partial charge on any atom is -0.421 e. The zero-order valence-electron chi connectivity index (χ0n) is 11.5. The number of rotatable bonds is 2. The van der Waals surface area contributed by atoms with E-state index in [-0.39, 0.29) is 5.36 Å².